The van der Waals surface area contributed by atoms with Gasteiger partial charge in [-0.2, -0.15) is 0 Å². The van der Waals surface area contributed by atoms with Gasteiger partial charge in [0.25, 0.3) is 0 Å². The van der Waals surface area contributed by atoms with E-state index in [2.05, 4.69) is 6.92 Å². The van der Waals surface area contributed by atoms with E-state index in [1.165, 1.54) is 11.8 Å². The van der Waals surface area contributed by atoms with E-state index in [0.29, 0.717) is 0 Å². The van der Waals surface area contributed by atoms with Gasteiger partial charge in [-0.1, -0.05) is 6.92 Å². The smallest absolute Gasteiger partial charge is 0.0380 e. The van der Waals surface area contributed by atoms with Gasteiger partial charge in [-0.05, 0) is 37.0 Å². The zero-order chi connectivity index (χ0) is 4.85. The lowest BCUT2D eigenvalue weighted by Crippen LogP contribution is -1.86. The van der Waals surface area contributed by atoms with Gasteiger partial charge in [0.05, 0.1) is 0 Å². The minimum atomic E-state index is 1.07. The average Bonchev–Trinajstić information content (AvgIpc) is 2.15. The van der Waals surface area contributed by atoms with E-state index in [0.717, 1.165) is 5.92 Å². The predicted molar refractivity (Wildman–Crippen MR) is 30.0 cm³/mol. The van der Waals surface area contributed by atoms with E-state index >= 15 is 0 Å². The van der Waals surface area contributed by atoms with Gasteiger partial charge in [-0.15, -0.1) is 0 Å². The van der Waals surface area contributed by atoms with Crippen molar-refractivity contribution < 1.29 is 0 Å². The minimum Gasteiger partial charge on any atom is -0.0625 e. The van der Waals surface area contributed by atoms with Crippen molar-refractivity contribution in [2.24, 2.45) is 17.8 Å². The van der Waals surface area contributed by atoms with Gasteiger partial charge in [0.2, 0.25) is 0 Å². The second-order valence-electron chi connectivity index (χ2n) is 3.33. The fourth-order valence-corrected chi connectivity index (χ4v) is 2.02. The summed E-state index contributed by atoms with van der Waals surface area (Å²) >= 11 is 0. The highest BCUT2D eigenvalue weighted by Crippen LogP contribution is 2.53. The fraction of sp³-hybridized carbons (Fsp3) is 1.00. The van der Waals surface area contributed by atoms with Gasteiger partial charge in [-0.25, -0.2) is 0 Å². The van der Waals surface area contributed by atoms with Gasteiger partial charge in [0.15, 0.2) is 0 Å². The van der Waals surface area contributed by atoms with Crippen molar-refractivity contribution in [3.63, 3.8) is 0 Å². The van der Waals surface area contributed by atoms with E-state index in [9.17, 15) is 0 Å². The summed E-state index contributed by atoms with van der Waals surface area (Å²) in [6.07, 6.45) is 4.67. The van der Waals surface area contributed by atoms with E-state index in [4.69, 9.17) is 0 Å². The van der Waals surface area contributed by atoms with Gasteiger partial charge < -0.3 is 0 Å². The lowest BCUT2D eigenvalue weighted by molar-refractivity contribution is 0.535. The molecule has 0 amide bonds. The molecule has 2 saturated carbocycles. The lowest BCUT2D eigenvalue weighted by Gasteiger charge is -1.98. The summed E-state index contributed by atoms with van der Waals surface area (Å²) in [6, 6.07) is 0. The van der Waals surface area contributed by atoms with Crippen molar-refractivity contribution in [3.05, 3.63) is 0 Å². The maximum absolute atomic E-state index is 2.38. The SMILES string of the molecule is CC1CC2C[C@@H]2C1. The molecule has 40 valence electrons. The van der Waals surface area contributed by atoms with Gasteiger partial charge in [-0.3, -0.25) is 0 Å². The molecular weight excluding hydrogens is 84.1 g/mol. The van der Waals surface area contributed by atoms with Crippen LogP contribution in [-0.2, 0) is 0 Å². The Morgan fingerprint density at radius 2 is 1.57 bits per heavy atom. The number of fused-ring (bicyclic) bond motifs is 1. The van der Waals surface area contributed by atoms with Crippen molar-refractivity contribution in [1.82, 2.24) is 0 Å². The fourth-order valence-electron chi connectivity index (χ4n) is 2.02. The number of hydrogen-bond acceptors (Lipinski definition) is 0. The zero-order valence-electron chi connectivity index (χ0n) is 4.85. The molecule has 2 fully saturated rings. The molecule has 7 heavy (non-hydrogen) atoms. The molecule has 0 N–H and O–H groups in total. The van der Waals surface area contributed by atoms with Crippen LogP contribution in [0.4, 0.5) is 0 Å². The highest BCUT2D eigenvalue weighted by atomic mass is 14.5. The van der Waals surface area contributed by atoms with Crippen molar-refractivity contribution in [3.8, 4) is 0 Å². The second-order valence-corrected chi connectivity index (χ2v) is 3.33. The van der Waals surface area contributed by atoms with E-state index in [1.54, 1.807) is 19.3 Å². The van der Waals surface area contributed by atoms with Gasteiger partial charge >= 0.3 is 0 Å². The van der Waals surface area contributed by atoms with Crippen LogP contribution in [-0.4, -0.2) is 0 Å². The Morgan fingerprint density at radius 1 is 1.00 bits per heavy atom. The molecule has 0 bridgehead atoms. The lowest BCUT2D eigenvalue weighted by atomic mass is 10.1. The molecule has 0 aromatic rings. The molecule has 0 aliphatic heterocycles. The van der Waals surface area contributed by atoms with Gasteiger partial charge in [0, 0.05) is 0 Å². The van der Waals surface area contributed by atoms with Crippen LogP contribution in [0.1, 0.15) is 26.2 Å². The van der Waals surface area contributed by atoms with Crippen molar-refractivity contribution in [2.75, 3.05) is 0 Å². The van der Waals surface area contributed by atoms with Crippen LogP contribution >= 0.6 is 0 Å². The maximum Gasteiger partial charge on any atom is -0.0380 e. The molecule has 2 rings (SSSR count). The molecule has 2 unspecified atom stereocenters. The van der Waals surface area contributed by atoms with Crippen LogP contribution in [0.15, 0.2) is 0 Å². The van der Waals surface area contributed by atoms with E-state index in [-0.39, 0.29) is 0 Å². The quantitative estimate of drug-likeness (QED) is 0.433. The van der Waals surface area contributed by atoms with Crippen LogP contribution in [0, 0.1) is 17.8 Å². The molecule has 2 aliphatic carbocycles. The Labute approximate surface area is 44.9 Å². The third kappa shape index (κ3) is 0.490. The van der Waals surface area contributed by atoms with Crippen molar-refractivity contribution in [1.29, 1.82) is 0 Å². The molecule has 0 aromatic heterocycles. The largest absolute Gasteiger partial charge is 0.0625 e. The van der Waals surface area contributed by atoms with Crippen LogP contribution in [0.3, 0.4) is 0 Å². The number of rotatable bonds is 0. The molecule has 0 radical (unpaired) electrons. The molecule has 0 nitrogen and oxygen atoms in total. The zero-order valence-corrected chi connectivity index (χ0v) is 4.85. The van der Waals surface area contributed by atoms with E-state index in [1.807, 2.05) is 0 Å². The second kappa shape index (κ2) is 1.04. The highest BCUT2D eigenvalue weighted by molar-refractivity contribution is 4.94. The van der Waals surface area contributed by atoms with E-state index < -0.39 is 0 Å². The van der Waals surface area contributed by atoms with Crippen molar-refractivity contribution in [2.45, 2.75) is 26.2 Å². The Hall–Kier alpha value is 0. The van der Waals surface area contributed by atoms with Crippen LogP contribution in [0.2, 0.25) is 0 Å². The molecule has 2 aliphatic rings. The summed E-state index contributed by atoms with van der Waals surface area (Å²) in [5.74, 6) is 3.45. The molecular formula is C7H12. The van der Waals surface area contributed by atoms with Crippen LogP contribution in [0.5, 0.6) is 0 Å². The molecule has 0 aromatic carbocycles. The average molecular weight is 96.2 g/mol. The standard InChI is InChI=1S/C7H12/c1-5-2-6-4-7(6)3-5/h5-7H,2-4H2,1H3/t5?,6-,7?/m0/s1. The van der Waals surface area contributed by atoms with Crippen LogP contribution < -0.4 is 0 Å². The third-order valence-electron chi connectivity index (χ3n) is 2.48. The first-order chi connectivity index (χ1) is 3.36. The summed E-state index contributed by atoms with van der Waals surface area (Å²) in [7, 11) is 0. The Bertz CT molecular complexity index is 76.0. The van der Waals surface area contributed by atoms with Crippen LogP contribution in [0.25, 0.3) is 0 Å². The third-order valence-corrected chi connectivity index (χ3v) is 2.48. The van der Waals surface area contributed by atoms with Gasteiger partial charge in [0.1, 0.15) is 0 Å². The summed E-state index contributed by atoms with van der Waals surface area (Å²) in [5, 5.41) is 0. The topological polar surface area (TPSA) is 0 Å². The molecule has 0 saturated heterocycles. The molecule has 0 heterocycles. The first-order valence-corrected chi connectivity index (χ1v) is 3.36. The highest BCUT2D eigenvalue weighted by Gasteiger charge is 2.43. The predicted octanol–water partition coefficient (Wildman–Crippen LogP) is 2.05. The molecule has 0 spiro atoms. The molecule has 3 atom stereocenters. The molecule has 0 heteroatoms. The summed E-state index contributed by atoms with van der Waals surface area (Å²) in [6.45, 7) is 2.38. The minimum absolute atomic E-state index is 1.07. The summed E-state index contributed by atoms with van der Waals surface area (Å²) < 4.78 is 0. The first kappa shape index (κ1) is 3.94. The monoisotopic (exact) mass is 96.1 g/mol. The number of hydrogen-bond donors (Lipinski definition) is 0. The normalized spacial score (nSPS) is 57.0. The Morgan fingerprint density at radius 3 is 1.86 bits per heavy atom. The maximum atomic E-state index is 2.38. The Kier molecular flexibility index (Phi) is 0.586. The van der Waals surface area contributed by atoms with Crippen molar-refractivity contribution >= 4 is 0 Å². The summed E-state index contributed by atoms with van der Waals surface area (Å²) in [4.78, 5) is 0. The first-order valence-electron chi connectivity index (χ1n) is 3.36. The Balaban J connectivity index is 2.02. The summed E-state index contributed by atoms with van der Waals surface area (Å²) in [5.41, 5.74) is 0.